The minimum atomic E-state index is -1.04. The average molecular weight is 278 g/mol. The van der Waals surface area contributed by atoms with Gasteiger partial charge in [-0.25, -0.2) is 4.79 Å². The van der Waals surface area contributed by atoms with Gasteiger partial charge in [-0.1, -0.05) is 43.7 Å². The summed E-state index contributed by atoms with van der Waals surface area (Å²) in [5.74, 6) is -1.35. The Morgan fingerprint density at radius 3 is 2.50 bits per heavy atom. The van der Waals surface area contributed by atoms with E-state index in [1.165, 1.54) is 0 Å². The number of rotatable bonds is 8. The number of aliphatic carboxylic acids is 1. The lowest BCUT2D eigenvalue weighted by molar-refractivity contribution is -0.141. The topological polar surface area (TPSA) is 92.4 Å². The van der Waals surface area contributed by atoms with Crippen molar-refractivity contribution in [2.24, 2.45) is 5.73 Å². The smallest absolute Gasteiger partial charge is 0.326 e. The van der Waals surface area contributed by atoms with E-state index in [2.05, 4.69) is 5.32 Å². The predicted octanol–water partition coefficient (Wildman–Crippen LogP) is 1.32. The van der Waals surface area contributed by atoms with Crippen LogP contribution in [0, 0.1) is 0 Å². The van der Waals surface area contributed by atoms with Crippen LogP contribution in [0.1, 0.15) is 31.7 Å². The summed E-state index contributed by atoms with van der Waals surface area (Å²) in [7, 11) is 0. The van der Waals surface area contributed by atoms with Crippen molar-refractivity contribution in [3.8, 4) is 0 Å². The molecule has 1 rings (SSSR count). The zero-order valence-electron chi connectivity index (χ0n) is 11.7. The third kappa shape index (κ3) is 5.84. The predicted molar refractivity (Wildman–Crippen MR) is 77.2 cm³/mol. The second-order valence-electron chi connectivity index (χ2n) is 4.90. The number of hydrogen-bond donors (Lipinski definition) is 3. The standard InChI is InChI=1S/C15H22N2O3/c1-2-6-12(16)10-14(18)17-13(15(19)20)9-11-7-4-3-5-8-11/h3-5,7-8,12-13H,2,6,9-10,16H2,1H3,(H,17,18)(H,19,20). The summed E-state index contributed by atoms with van der Waals surface area (Å²) in [5, 5.41) is 11.7. The van der Waals surface area contributed by atoms with Crippen LogP contribution in [0.15, 0.2) is 30.3 Å². The van der Waals surface area contributed by atoms with Crippen molar-refractivity contribution in [3.05, 3.63) is 35.9 Å². The highest BCUT2D eigenvalue weighted by molar-refractivity contribution is 5.84. The molecular weight excluding hydrogens is 256 g/mol. The summed E-state index contributed by atoms with van der Waals surface area (Å²) < 4.78 is 0. The Labute approximate surface area is 119 Å². The van der Waals surface area contributed by atoms with Crippen molar-refractivity contribution in [2.45, 2.75) is 44.7 Å². The summed E-state index contributed by atoms with van der Waals surface area (Å²) in [6.45, 7) is 1.99. The highest BCUT2D eigenvalue weighted by Crippen LogP contribution is 2.05. The Hall–Kier alpha value is -1.88. The fraction of sp³-hybridized carbons (Fsp3) is 0.467. The molecule has 4 N–H and O–H groups in total. The summed E-state index contributed by atoms with van der Waals surface area (Å²) in [6, 6.07) is 8.09. The molecule has 1 amide bonds. The first-order valence-corrected chi connectivity index (χ1v) is 6.84. The van der Waals surface area contributed by atoms with Gasteiger partial charge < -0.3 is 16.2 Å². The quantitative estimate of drug-likeness (QED) is 0.668. The van der Waals surface area contributed by atoms with Crippen LogP contribution in [-0.4, -0.2) is 29.1 Å². The second-order valence-corrected chi connectivity index (χ2v) is 4.90. The Bertz CT molecular complexity index is 434. The molecule has 0 saturated heterocycles. The van der Waals surface area contributed by atoms with Crippen molar-refractivity contribution in [3.63, 3.8) is 0 Å². The Morgan fingerprint density at radius 2 is 1.95 bits per heavy atom. The first-order valence-electron chi connectivity index (χ1n) is 6.84. The maximum Gasteiger partial charge on any atom is 0.326 e. The zero-order valence-corrected chi connectivity index (χ0v) is 11.7. The molecular formula is C15H22N2O3. The normalized spacial score (nSPS) is 13.5. The van der Waals surface area contributed by atoms with Crippen molar-refractivity contribution in [2.75, 3.05) is 0 Å². The second kappa shape index (κ2) is 8.32. The number of hydrogen-bond acceptors (Lipinski definition) is 3. The molecule has 1 aromatic rings. The van der Waals surface area contributed by atoms with E-state index in [-0.39, 0.29) is 24.8 Å². The number of carbonyl (C=O) groups is 2. The molecule has 0 heterocycles. The zero-order chi connectivity index (χ0) is 15.0. The number of carbonyl (C=O) groups excluding carboxylic acids is 1. The van der Waals surface area contributed by atoms with E-state index < -0.39 is 12.0 Å². The van der Waals surface area contributed by atoms with Crippen LogP contribution in [0.2, 0.25) is 0 Å². The summed E-state index contributed by atoms with van der Waals surface area (Å²) in [6.07, 6.45) is 2.09. The molecule has 0 aliphatic carbocycles. The molecule has 0 radical (unpaired) electrons. The summed E-state index contributed by atoms with van der Waals surface area (Å²) >= 11 is 0. The van der Waals surface area contributed by atoms with E-state index in [4.69, 9.17) is 5.73 Å². The maximum absolute atomic E-state index is 11.8. The van der Waals surface area contributed by atoms with Crippen LogP contribution >= 0.6 is 0 Å². The van der Waals surface area contributed by atoms with Gasteiger partial charge in [0.1, 0.15) is 6.04 Å². The molecule has 2 atom stereocenters. The van der Waals surface area contributed by atoms with Gasteiger partial charge in [-0.3, -0.25) is 4.79 Å². The lowest BCUT2D eigenvalue weighted by atomic mass is 10.0. The van der Waals surface area contributed by atoms with E-state index in [9.17, 15) is 14.7 Å². The molecule has 0 aliphatic heterocycles. The summed E-state index contributed by atoms with van der Waals surface area (Å²) in [5.41, 5.74) is 6.65. The molecule has 0 aromatic heterocycles. The van der Waals surface area contributed by atoms with E-state index in [0.29, 0.717) is 0 Å². The highest BCUT2D eigenvalue weighted by atomic mass is 16.4. The average Bonchev–Trinajstić information content (AvgIpc) is 2.39. The third-order valence-electron chi connectivity index (χ3n) is 3.02. The van der Waals surface area contributed by atoms with Crippen LogP contribution in [-0.2, 0) is 16.0 Å². The lowest BCUT2D eigenvalue weighted by Gasteiger charge is -2.16. The minimum absolute atomic E-state index is 0.159. The van der Waals surface area contributed by atoms with Gasteiger partial charge >= 0.3 is 5.97 Å². The molecule has 0 saturated carbocycles. The Morgan fingerprint density at radius 1 is 1.30 bits per heavy atom. The Balaban J connectivity index is 2.55. The van der Waals surface area contributed by atoms with Gasteiger partial charge in [0.15, 0.2) is 0 Å². The fourth-order valence-corrected chi connectivity index (χ4v) is 2.01. The minimum Gasteiger partial charge on any atom is -0.480 e. The van der Waals surface area contributed by atoms with Crippen molar-refractivity contribution in [1.82, 2.24) is 5.32 Å². The van der Waals surface area contributed by atoms with E-state index >= 15 is 0 Å². The number of nitrogens with one attached hydrogen (secondary N) is 1. The van der Waals surface area contributed by atoms with Gasteiger partial charge in [0.25, 0.3) is 0 Å². The molecule has 0 spiro atoms. The van der Waals surface area contributed by atoms with Gasteiger partial charge in [-0.05, 0) is 12.0 Å². The number of nitrogens with two attached hydrogens (primary N) is 1. The van der Waals surface area contributed by atoms with Gasteiger partial charge in [-0.2, -0.15) is 0 Å². The van der Waals surface area contributed by atoms with Gasteiger partial charge in [0.2, 0.25) is 5.91 Å². The Kier molecular flexibility index (Phi) is 6.73. The van der Waals surface area contributed by atoms with Gasteiger partial charge in [0, 0.05) is 18.9 Å². The number of amides is 1. The first kappa shape index (κ1) is 16.2. The molecule has 0 bridgehead atoms. The lowest BCUT2D eigenvalue weighted by Crippen LogP contribution is -2.44. The molecule has 0 aliphatic rings. The van der Waals surface area contributed by atoms with E-state index in [1.54, 1.807) is 0 Å². The molecule has 110 valence electrons. The van der Waals surface area contributed by atoms with E-state index in [1.807, 2.05) is 37.3 Å². The monoisotopic (exact) mass is 278 g/mol. The molecule has 0 fully saturated rings. The van der Waals surface area contributed by atoms with Gasteiger partial charge in [-0.15, -0.1) is 0 Å². The number of benzene rings is 1. The van der Waals surface area contributed by atoms with Crippen molar-refractivity contribution < 1.29 is 14.7 Å². The highest BCUT2D eigenvalue weighted by Gasteiger charge is 2.21. The molecule has 5 heteroatoms. The number of carboxylic acids is 1. The van der Waals surface area contributed by atoms with Crippen LogP contribution in [0.4, 0.5) is 0 Å². The van der Waals surface area contributed by atoms with Crippen LogP contribution in [0.3, 0.4) is 0 Å². The molecule has 5 nitrogen and oxygen atoms in total. The maximum atomic E-state index is 11.8. The van der Waals surface area contributed by atoms with E-state index in [0.717, 1.165) is 18.4 Å². The number of carboxylic acid groups (broad SMARTS) is 1. The first-order chi connectivity index (χ1) is 9.52. The van der Waals surface area contributed by atoms with Crippen molar-refractivity contribution in [1.29, 1.82) is 0 Å². The van der Waals surface area contributed by atoms with Crippen LogP contribution in [0.25, 0.3) is 0 Å². The third-order valence-corrected chi connectivity index (χ3v) is 3.02. The summed E-state index contributed by atoms with van der Waals surface area (Å²) in [4.78, 5) is 23.0. The molecule has 2 unspecified atom stereocenters. The van der Waals surface area contributed by atoms with Crippen molar-refractivity contribution >= 4 is 11.9 Å². The van der Waals surface area contributed by atoms with Crippen LogP contribution < -0.4 is 11.1 Å². The molecule has 1 aromatic carbocycles. The largest absolute Gasteiger partial charge is 0.480 e. The SMILES string of the molecule is CCCC(N)CC(=O)NC(Cc1ccccc1)C(=O)O. The molecule has 20 heavy (non-hydrogen) atoms. The van der Waals surface area contributed by atoms with Crippen LogP contribution in [0.5, 0.6) is 0 Å². The fourth-order valence-electron chi connectivity index (χ4n) is 2.01. The van der Waals surface area contributed by atoms with Gasteiger partial charge in [0.05, 0.1) is 0 Å².